The lowest BCUT2D eigenvalue weighted by atomic mass is 10.1. The van der Waals surface area contributed by atoms with Crippen LogP contribution in [0.5, 0.6) is 0 Å². The second-order valence-corrected chi connectivity index (χ2v) is 10.9. The van der Waals surface area contributed by atoms with Gasteiger partial charge in [-0.3, -0.25) is 13.9 Å². The first-order chi connectivity index (χ1) is 16.2. The number of amides is 2. The molecule has 1 N–H and O–H groups in total. The van der Waals surface area contributed by atoms with Gasteiger partial charge in [0.05, 0.1) is 23.2 Å². The molecule has 1 aliphatic heterocycles. The van der Waals surface area contributed by atoms with Crippen LogP contribution in [-0.2, 0) is 14.8 Å². The zero-order valence-electron chi connectivity index (χ0n) is 19.7. The third kappa shape index (κ3) is 6.73. The van der Waals surface area contributed by atoms with Crippen molar-refractivity contribution in [1.82, 2.24) is 4.90 Å². The van der Waals surface area contributed by atoms with E-state index in [9.17, 15) is 18.0 Å². The molecule has 2 aromatic carbocycles. The Morgan fingerprint density at radius 1 is 1.03 bits per heavy atom. The van der Waals surface area contributed by atoms with E-state index in [1.54, 1.807) is 49.4 Å². The number of anilines is 2. The van der Waals surface area contributed by atoms with Crippen molar-refractivity contribution in [2.45, 2.75) is 45.4 Å². The number of nitrogens with zero attached hydrogens (tertiary/aromatic N) is 2. The van der Waals surface area contributed by atoms with Crippen molar-refractivity contribution in [2.75, 3.05) is 35.5 Å². The summed E-state index contributed by atoms with van der Waals surface area (Å²) >= 11 is 6.17. The normalized spacial score (nSPS) is 14.4. The number of hydrogen-bond donors (Lipinski definition) is 1. The second kappa shape index (κ2) is 11.7. The van der Waals surface area contributed by atoms with Crippen molar-refractivity contribution >= 4 is 44.8 Å². The lowest BCUT2D eigenvalue weighted by Gasteiger charge is -2.24. The molecular weight excluding hydrogens is 474 g/mol. The Morgan fingerprint density at radius 2 is 1.71 bits per heavy atom. The summed E-state index contributed by atoms with van der Waals surface area (Å²) in [6.45, 7) is 3.36. The number of likely N-dealkylation sites (tertiary alicyclic amines) is 1. The van der Waals surface area contributed by atoms with Gasteiger partial charge >= 0.3 is 0 Å². The number of para-hydroxylation sites is 1. The minimum atomic E-state index is -3.55. The van der Waals surface area contributed by atoms with Gasteiger partial charge in [0, 0.05) is 31.1 Å². The summed E-state index contributed by atoms with van der Waals surface area (Å²) in [5.41, 5.74) is 2.13. The van der Waals surface area contributed by atoms with Crippen molar-refractivity contribution in [2.24, 2.45) is 0 Å². The highest BCUT2D eigenvalue weighted by Crippen LogP contribution is 2.28. The van der Waals surface area contributed by atoms with Crippen LogP contribution >= 0.6 is 11.6 Å². The monoisotopic (exact) mass is 505 g/mol. The minimum Gasteiger partial charge on any atom is -0.339 e. The molecule has 0 radical (unpaired) electrons. The molecule has 3 rings (SSSR count). The number of carbonyl (C=O) groups is 2. The van der Waals surface area contributed by atoms with Crippen LogP contribution in [0, 0.1) is 6.92 Å². The van der Waals surface area contributed by atoms with Crippen molar-refractivity contribution in [1.29, 1.82) is 0 Å². The number of rotatable bonds is 8. The van der Waals surface area contributed by atoms with Crippen LogP contribution < -0.4 is 9.62 Å². The number of halogens is 1. The summed E-state index contributed by atoms with van der Waals surface area (Å²) in [5, 5.41) is 3.32. The summed E-state index contributed by atoms with van der Waals surface area (Å²) in [4.78, 5) is 27.6. The van der Waals surface area contributed by atoms with Crippen LogP contribution in [0.1, 0.15) is 54.4 Å². The minimum absolute atomic E-state index is 0.0718. The summed E-state index contributed by atoms with van der Waals surface area (Å²) in [7, 11) is -3.55. The van der Waals surface area contributed by atoms with E-state index in [1.807, 2.05) is 4.90 Å². The van der Waals surface area contributed by atoms with Crippen molar-refractivity contribution in [3.63, 3.8) is 0 Å². The SMILES string of the molecule is Cc1c(Cl)cccc1N(CCCC(=O)Nc1ccccc1C(=O)N1CCCCCC1)S(C)(=O)=O. The van der Waals surface area contributed by atoms with E-state index in [1.165, 1.54) is 4.31 Å². The molecule has 2 amide bonds. The molecule has 0 spiro atoms. The van der Waals surface area contributed by atoms with Crippen LogP contribution in [0.4, 0.5) is 11.4 Å². The molecule has 0 aliphatic carbocycles. The lowest BCUT2D eigenvalue weighted by molar-refractivity contribution is -0.116. The fourth-order valence-corrected chi connectivity index (χ4v) is 5.34. The number of nitrogens with one attached hydrogen (secondary N) is 1. The number of sulfonamides is 1. The Balaban J connectivity index is 1.65. The number of benzene rings is 2. The van der Waals surface area contributed by atoms with Gasteiger partial charge in [0.2, 0.25) is 15.9 Å². The van der Waals surface area contributed by atoms with Crippen LogP contribution in [-0.4, -0.2) is 51.0 Å². The van der Waals surface area contributed by atoms with E-state index < -0.39 is 10.0 Å². The summed E-state index contributed by atoms with van der Waals surface area (Å²) in [5.74, 6) is -0.343. The van der Waals surface area contributed by atoms with Gasteiger partial charge in [0.15, 0.2) is 0 Å². The molecular formula is C25H32ClN3O4S. The molecule has 1 aliphatic rings. The van der Waals surface area contributed by atoms with Gasteiger partial charge in [-0.15, -0.1) is 0 Å². The third-order valence-electron chi connectivity index (χ3n) is 6.00. The smallest absolute Gasteiger partial charge is 0.255 e. The molecule has 0 aromatic heterocycles. The molecule has 1 saturated heterocycles. The van der Waals surface area contributed by atoms with Crippen LogP contribution in [0.2, 0.25) is 5.02 Å². The fourth-order valence-electron chi connectivity index (χ4n) is 4.15. The van der Waals surface area contributed by atoms with Gasteiger partial charge in [-0.1, -0.05) is 42.6 Å². The molecule has 0 bridgehead atoms. The molecule has 2 aromatic rings. The highest BCUT2D eigenvalue weighted by Gasteiger charge is 2.22. The summed E-state index contributed by atoms with van der Waals surface area (Å²) in [6.07, 6.45) is 5.79. The molecule has 34 heavy (non-hydrogen) atoms. The Bertz CT molecular complexity index is 1130. The third-order valence-corrected chi connectivity index (χ3v) is 7.59. The van der Waals surface area contributed by atoms with E-state index in [2.05, 4.69) is 5.32 Å². The molecule has 184 valence electrons. The van der Waals surface area contributed by atoms with Gasteiger partial charge in [-0.25, -0.2) is 8.42 Å². The van der Waals surface area contributed by atoms with Gasteiger partial charge in [-0.05, 0) is 56.0 Å². The average molecular weight is 506 g/mol. The average Bonchev–Trinajstić information content (AvgIpc) is 3.08. The molecule has 1 heterocycles. The Morgan fingerprint density at radius 3 is 2.38 bits per heavy atom. The van der Waals surface area contributed by atoms with E-state index in [0.29, 0.717) is 33.9 Å². The Labute approximate surface area is 207 Å². The molecule has 1 fully saturated rings. The highest BCUT2D eigenvalue weighted by molar-refractivity contribution is 7.92. The predicted octanol–water partition coefficient (Wildman–Crippen LogP) is 4.85. The zero-order valence-corrected chi connectivity index (χ0v) is 21.3. The molecule has 7 nitrogen and oxygen atoms in total. The zero-order chi connectivity index (χ0) is 24.7. The Kier molecular flexibility index (Phi) is 8.97. The van der Waals surface area contributed by atoms with E-state index in [-0.39, 0.29) is 24.8 Å². The van der Waals surface area contributed by atoms with E-state index in [0.717, 1.165) is 45.0 Å². The van der Waals surface area contributed by atoms with Crippen LogP contribution in [0.3, 0.4) is 0 Å². The maximum Gasteiger partial charge on any atom is 0.255 e. The van der Waals surface area contributed by atoms with Gasteiger partial charge in [0.25, 0.3) is 5.91 Å². The predicted molar refractivity (Wildman–Crippen MR) is 137 cm³/mol. The van der Waals surface area contributed by atoms with Gasteiger partial charge < -0.3 is 10.2 Å². The first kappa shape index (κ1) is 26.0. The fraction of sp³-hybridized carbons (Fsp3) is 0.440. The molecule has 0 atom stereocenters. The van der Waals surface area contributed by atoms with Crippen LogP contribution in [0.15, 0.2) is 42.5 Å². The largest absolute Gasteiger partial charge is 0.339 e. The van der Waals surface area contributed by atoms with Gasteiger partial charge in [-0.2, -0.15) is 0 Å². The summed E-state index contributed by atoms with van der Waals surface area (Å²) in [6, 6.07) is 12.1. The first-order valence-electron chi connectivity index (χ1n) is 11.6. The molecule has 0 saturated carbocycles. The van der Waals surface area contributed by atoms with Crippen molar-refractivity contribution in [3.8, 4) is 0 Å². The number of hydrogen-bond acceptors (Lipinski definition) is 4. The van der Waals surface area contributed by atoms with Gasteiger partial charge in [0.1, 0.15) is 0 Å². The molecule has 9 heteroatoms. The van der Waals surface area contributed by atoms with E-state index in [4.69, 9.17) is 11.6 Å². The molecule has 0 unspecified atom stereocenters. The standard InChI is InChI=1S/C25H32ClN3O4S/c1-19-21(26)12-9-14-23(19)29(34(2,32)33)18-10-15-24(30)27-22-13-6-5-11-20(22)25(31)28-16-7-3-4-8-17-28/h5-6,9,11-14H,3-4,7-8,10,15-18H2,1-2H3,(H,27,30). The second-order valence-electron chi connectivity index (χ2n) is 8.62. The van der Waals surface area contributed by atoms with E-state index >= 15 is 0 Å². The van der Waals surface area contributed by atoms with Crippen molar-refractivity contribution < 1.29 is 18.0 Å². The Hall–Kier alpha value is -2.58. The first-order valence-corrected chi connectivity index (χ1v) is 13.8. The lowest BCUT2D eigenvalue weighted by Crippen LogP contribution is -2.33. The summed E-state index contributed by atoms with van der Waals surface area (Å²) < 4.78 is 26.1. The topological polar surface area (TPSA) is 86.8 Å². The maximum atomic E-state index is 13.1. The maximum absolute atomic E-state index is 13.1. The quantitative estimate of drug-likeness (QED) is 0.555. The van der Waals surface area contributed by atoms with Crippen molar-refractivity contribution in [3.05, 3.63) is 58.6 Å². The number of carbonyl (C=O) groups excluding carboxylic acids is 2. The highest BCUT2D eigenvalue weighted by atomic mass is 35.5. The van der Waals surface area contributed by atoms with Crippen LogP contribution in [0.25, 0.3) is 0 Å².